The average Bonchev–Trinajstić information content (AvgIpc) is 3.50. The maximum absolute atomic E-state index is 13.1. The molecular formula is C28H32N4O2S. The number of methoxy groups -OCH3 is 1. The summed E-state index contributed by atoms with van der Waals surface area (Å²) >= 11 is 1.61. The maximum atomic E-state index is 13.1. The molecular weight excluding hydrogens is 456 g/mol. The Kier molecular flexibility index (Phi) is 7.66. The number of hydrogen-bond donors (Lipinski definition) is 1. The van der Waals surface area contributed by atoms with Gasteiger partial charge in [0.15, 0.2) is 0 Å². The molecule has 1 N–H and O–H groups in total. The molecule has 0 aliphatic carbocycles. The van der Waals surface area contributed by atoms with E-state index in [0.29, 0.717) is 12.1 Å². The van der Waals surface area contributed by atoms with E-state index in [4.69, 9.17) is 9.72 Å². The van der Waals surface area contributed by atoms with Crippen LogP contribution >= 0.6 is 11.3 Å². The summed E-state index contributed by atoms with van der Waals surface area (Å²) in [6.45, 7) is 8.82. The molecule has 1 atom stereocenters. The van der Waals surface area contributed by atoms with Crippen LogP contribution in [0.1, 0.15) is 54.5 Å². The van der Waals surface area contributed by atoms with E-state index in [1.807, 2.05) is 44.3 Å². The Hall–Kier alpha value is -3.45. The molecule has 1 aromatic carbocycles. The van der Waals surface area contributed by atoms with Crippen molar-refractivity contribution in [3.8, 4) is 27.7 Å². The summed E-state index contributed by atoms with van der Waals surface area (Å²) in [5, 5.41) is 6.12. The number of hydrogen-bond acceptors (Lipinski definition) is 5. The third-order valence-corrected chi connectivity index (χ3v) is 7.18. The van der Waals surface area contributed by atoms with Gasteiger partial charge in [0.05, 0.1) is 24.1 Å². The number of amides is 1. The van der Waals surface area contributed by atoms with Crippen LogP contribution in [0.5, 0.6) is 5.75 Å². The Labute approximate surface area is 211 Å². The van der Waals surface area contributed by atoms with Crippen LogP contribution in [0.15, 0.2) is 54.0 Å². The molecule has 1 unspecified atom stereocenters. The van der Waals surface area contributed by atoms with E-state index in [1.165, 1.54) is 0 Å². The maximum Gasteiger partial charge on any atom is 0.253 e. The van der Waals surface area contributed by atoms with Crippen molar-refractivity contribution in [1.82, 2.24) is 19.9 Å². The summed E-state index contributed by atoms with van der Waals surface area (Å²) in [6.07, 6.45) is 3.60. The van der Waals surface area contributed by atoms with Crippen molar-refractivity contribution in [2.75, 3.05) is 7.11 Å². The van der Waals surface area contributed by atoms with Crippen molar-refractivity contribution in [3.05, 3.63) is 76.6 Å². The molecule has 4 rings (SSSR count). The van der Waals surface area contributed by atoms with Crippen LogP contribution in [0, 0.1) is 6.92 Å². The van der Waals surface area contributed by atoms with Gasteiger partial charge in [0.2, 0.25) is 0 Å². The lowest BCUT2D eigenvalue weighted by molar-refractivity contribution is 0.0938. The lowest BCUT2D eigenvalue weighted by atomic mass is 10.2. The Morgan fingerprint density at radius 1 is 1.17 bits per heavy atom. The van der Waals surface area contributed by atoms with E-state index >= 15 is 0 Å². The molecule has 35 heavy (non-hydrogen) atoms. The average molecular weight is 489 g/mol. The van der Waals surface area contributed by atoms with Gasteiger partial charge in [0, 0.05) is 41.1 Å². The number of pyridine rings is 1. The van der Waals surface area contributed by atoms with Gasteiger partial charge in [-0.1, -0.05) is 26.0 Å². The number of ether oxygens (including phenoxy) is 1. The number of rotatable bonds is 9. The molecule has 0 spiro atoms. The summed E-state index contributed by atoms with van der Waals surface area (Å²) in [4.78, 5) is 22.5. The highest BCUT2D eigenvalue weighted by molar-refractivity contribution is 7.13. The van der Waals surface area contributed by atoms with Crippen LogP contribution in [-0.2, 0) is 13.0 Å². The third-order valence-electron chi connectivity index (χ3n) is 6.29. The molecule has 1 amide bonds. The molecule has 6 nitrogen and oxygen atoms in total. The second kappa shape index (κ2) is 10.9. The number of nitrogens with zero attached hydrogens (tertiary/aromatic N) is 3. The number of aryl methyl sites for hydroxylation is 1. The standard InChI is InChI=1S/C28H32N4O2S/c1-6-18(3)30-27(33)24-15-26(32(19(24)4)16-20-8-10-23(34-5)11-9-20)25-17-35-28(31-25)21-12-13-29-22(7-2)14-21/h8-15,17-18H,6-7,16H2,1-5H3,(H,30,33). The van der Waals surface area contributed by atoms with Gasteiger partial charge >= 0.3 is 0 Å². The number of thiazole rings is 1. The summed E-state index contributed by atoms with van der Waals surface area (Å²) < 4.78 is 7.48. The Morgan fingerprint density at radius 2 is 1.94 bits per heavy atom. The highest BCUT2D eigenvalue weighted by Crippen LogP contribution is 2.32. The molecule has 3 aromatic heterocycles. The van der Waals surface area contributed by atoms with E-state index in [1.54, 1.807) is 18.4 Å². The number of nitrogens with one attached hydrogen (secondary N) is 1. The van der Waals surface area contributed by atoms with Gasteiger partial charge in [-0.2, -0.15) is 0 Å². The van der Waals surface area contributed by atoms with Crippen LogP contribution < -0.4 is 10.1 Å². The number of benzene rings is 1. The zero-order valence-electron chi connectivity index (χ0n) is 21.0. The normalized spacial score (nSPS) is 11.9. The lowest BCUT2D eigenvalue weighted by Gasteiger charge is -2.13. The minimum Gasteiger partial charge on any atom is -0.497 e. The minimum atomic E-state index is -0.0521. The van der Waals surface area contributed by atoms with Gasteiger partial charge in [-0.05, 0) is 62.6 Å². The van der Waals surface area contributed by atoms with Gasteiger partial charge in [-0.3, -0.25) is 9.78 Å². The second-order valence-electron chi connectivity index (χ2n) is 8.67. The molecule has 4 aromatic rings. The van der Waals surface area contributed by atoms with Crippen molar-refractivity contribution in [2.45, 2.75) is 53.1 Å². The first-order chi connectivity index (χ1) is 16.9. The van der Waals surface area contributed by atoms with E-state index in [2.05, 4.69) is 52.3 Å². The second-order valence-corrected chi connectivity index (χ2v) is 9.53. The molecule has 7 heteroatoms. The predicted molar refractivity (Wildman–Crippen MR) is 142 cm³/mol. The summed E-state index contributed by atoms with van der Waals surface area (Å²) in [6, 6.07) is 14.2. The quantitative estimate of drug-likeness (QED) is 0.308. The fourth-order valence-corrected chi connectivity index (χ4v) is 4.75. The van der Waals surface area contributed by atoms with E-state index in [0.717, 1.165) is 57.5 Å². The Bertz CT molecular complexity index is 1310. The first kappa shape index (κ1) is 24.7. The fourth-order valence-electron chi connectivity index (χ4n) is 3.94. The van der Waals surface area contributed by atoms with E-state index < -0.39 is 0 Å². The summed E-state index contributed by atoms with van der Waals surface area (Å²) in [7, 11) is 1.66. The van der Waals surface area contributed by atoms with Gasteiger partial charge < -0.3 is 14.6 Å². The first-order valence-electron chi connectivity index (χ1n) is 12.0. The molecule has 0 aliphatic heterocycles. The Balaban J connectivity index is 1.75. The van der Waals surface area contributed by atoms with Gasteiger partial charge in [0.25, 0.3) is 5.91 Å². The fraction of sp³-hybridized carbons (Fsp3) is 0.321. The smallest absolute Gasteiger partial charge is 0.253 e. The van der Waals surface area contributed by atoms with Crippen LogP contribution in [0.4, 0.5) is 0 Å². The molecule has 182 valence electrons. The topological polar surface area (TPSA) is 69.0 Å². The Morgan fingerprint density at radius 3 is 2.63 bits per heavy atom. The SMILES string of the molecule is CCc1cc(-c2nc(-c3cc(C(=O)NC(C)CC)c(C)n3Cc3ccc(OC)cc3)cs2)ccn1. The zero-order valence-corrected chi connectivity index (χ0v) is 21.8. The number of carbonyl (C=O) groups excluding carboxylic acids is 1. The first-order valence-corrected chi connectivity index (χ1v) is 12.9. The summed E-state index contributed by atoms with van der Waals surface area (Å²) in [5.41, 5.74) is 6.62. The number of carbonyl (C=O) groups is 1. The molecule has 0 aliphatic rings. The lowest BCUT2D eigenvalue weighted by Crippen LogP contribution is -2.32. The molecule has 0 saturated heterocycles. The van der Waals surface area contributed by atoms with Crippen molar-refractivity contribution < 1.29 is 9.53 Å². The van der Waals surface area contributed by atoms with Crippen molar-refractivity contribution in [3.63, 3.8) is 0 Å². The monoisotopic (exact) mass is 488 g/mol. The molecule has 0 saturated carbocycles. The molecule has 0 bridgehead atoms. The van der Waals surface area contributed by atoms with Crippen LogP contribution in [-0.4, -0.2) is 33.6 Å². The molecule has 0 radical (unpaired) electrons. The predicted octanol–water partition coefficient (Wildman–Crippen LogP) is 6.13. The zero-order chi connectivity index (χ0) is 24.9. The van der Waals surface area contributed by atoms with E-state index in [9.17, 15) is 4.79 Å². The van der Waals surface area contributed by atoms with Crippen molar-refractivity contribution in [2.24, 2.45) is 0 Å². The minimum absolute atomic E-state index is 0.0521. The van der Waals surface area contributed by atoms with Gasteiger partial charge in [-0.25, -0.2) is 4.98 Å². The highest BCUT2D eigenvalue weighted by Gasteiger charge is 2.21. The van der Waals surface area contributed by atoms with E-state index in [-0.39, 0.29) is 11.9 Å². The van der Waals surface area contributed by atoms with Gasteiger partial charge in [-0.15, -0.1) is 11.3 Å². The summed E-state index contributed by atoms with van der Waals surface area (Å²) in [5.74, 6) is 0.767. The molecule has 3 heterocycles. The molecule has 0 fully saturated rings. The van der Waals surface area contributed by atoms with Crippen LogP contribution in [0.25, 0.3) is 22.0 Å². The highest BCUT2D eigenvalue weighted by atomic mass is 32.1. The van der Waals surface area contributed by atoms with Crippen molar-refractivity contribution in [1.29, 1.82) is 0 Å². The third kappa shape index (κ3) is 5.46. The van der Waals surface area contributed by atoms with Crippen LogP contribution in [0.2, 0.25) is 0 Å². The number of aromatic nitrogens is 3. The van der Waals surface area contributed by atoms with Crippen LogP contribution in [0.3, 0.4) is 0 Å². The van der Waals surface area contributed by atoms with Gasteiger partial charge in [0.1, 0.15) is 10.8 Å². The van der Waals surface area contributed by atoms with Crippen molar-refractivity contribution >= 4 is 17.2 Å². The largest absolute Gasteiger partial charge is 0.497 e.